The fourth-order valence-corrected chi connectivity index (χ4v) is 2.57. The second-order valence-corrected chi connectivity index (χ2v) is 8.81. The quantitative estimate of drug-likeness (QED) is 0.169. The van der Waals surface area contributed by atoms with E-state index >= 15 is 0 Å². The number of rotatable bonds is 19. The lowest BCUT2D eigenvalue weighted by Gasteiger charge is -2.30. The summed E-state index contributed by atoms with van der Waals surface area (Å²) in [6.07, 6.45) is 6.68. The molecule has 174 valence electrons. The van der Waals surface area contributed by atoms with Crippen molar-refractivity contribution < 1.29 is 14.2 Å². The molecule has 0 fully saturated rings. The summed E-state index contributed by atoms with van der Waals surface area (Å²) in [4.78, 5) is 0. The third-order valence-corrected chi connectivity index (χ3v) is 4.61. The average Bonchev–Trinajstić information content (AvgIpc) is 2.63. The number of hydrazine groups is 1. The number of nitrogens with zero attached hydrogens (tertiary/aromatic N) is 1. The molecule has 0 atom stereocenters. The van der Waals surface area contributed by atoms with Crippen LogP contribution >= 0.6 is 0 Å². The van der Waals surface area contributed by atoms with Crippen LogP contribution < -0.4 is 16.9 Å². The molecule has 0 aromatic heterocycles. The predicted molar refractivity (Wildman–Crippen MR) is 121 cm³/mol. The molecular weight excluding hydrogens is 368 g/mol. The van der Waals surface area contributed by atoms with Gasteiger partial charge in [-0.25, -0.2) is 5.84 Å². The largest absolute Gasteiger partial charge is 0.399 e. The zero-order chi connectivity index (χ0) is 22.2. The SMILES string of the molecule is CCCCOC/C(N)=C/N(N)CCC(C)(C)OCCC(C)(C)OCCNCCC. The first-order valence-electron chi connectivity index (χ1n) is 11.2. The van der Waals surface area contributed by atoms with E-state index < -0.39 is 0 Å². The molecule has 0 aromatic carbocycles. The zero-order valence-corrected chi connectivity index (χ0v) is 19.9. The van der Waals surface area contributed by atoms with Gasteiger partial charge in [0.1, 0.15) is 0 Å². The van der Waals surface area contributed by atoms with Crippen molar-refractivity contribution >= 4 is 0 Å². The Morgan fingerprint density at radius 3 is 2.24 bits per heavy atom. The van der Waals surface area contributed by atoms with Crippen LogP contribution in [0.4, 0.5) is 0 Å². The lowest BCUT2D eigenvalue weighted by Crippen LogP contribution is -2.36. The van der Waals surface area contributed by atoms with E-state index in [-0.39, 0.29) is 11.2 Å². The van der Waals surface area contributed by atoms with Crippen LogP contribution in [0.25, 0.3) is 0 Å². The van der Waals surface area contributed by atoms with Crippen molar-refractivity contribution in [2.45, 2.75) is 84.8 Å². The highest BCUT2D eigenvalue weighted by molar-refractivity contribution is 4.95. The van der Waals surface area contributed by atoms with E-state index in [1.807, 2.05) is 0 Å². The molecule has 29 heavy (non-hydrogen) atoms. The van der Waals surface area contributed by atoms with Crippen LogP contribution in [-0.2, 0) is 14.2 Å². The number of nitrogens with two attached hydrogens (primary N) is 2. The van der Waals surface area contributed by atoms with Crippen molar-refractivity contribution in [3.63, 3.8) is 0 Å². The molecule has 0 radical (unpaired) electrons. The molecule has 0 spiro atoms. The normalized spacial score (nSPS) is 13.1. The van der Waals surface area contributed by atoms with Gasteiger partial charge in [0.15, 0.2) is 0 Å². The topological polar surface area (TPSA) is 95.0 Å². The zero-order valence-electron chi connectivity index (χ0n) is 19.9. The number of hydrogen-bond donors (Lipinski definition) is 3. The molecule has 0 unspecified atom stereocenters. The van der Waals surface area contributed by atoms with Gasteiger partial charge in [-0.2, -0.15) is 0 Å². The van der Waals surface area contributed by atoms with Crippen molar-refractivity contribution in [1.82, 2.24) is 10.3 Å². The Labute approximate surface area is 179 Å². The fourth-order valence-electron chi connectivity index (χ4n) is 2.57. The predicted octanol–water partition coefficient (Wildman–Crippen LogP) is 3.15. The number of ether oxygens (including phenoxy) is 3. The number of hydrogen-bond acceptors (Lipinski definition) is 7. The third kappa shape index (κ3) is 17.7. The first-order valence-corrected chi connectivity index (χ1v) is 11.2. The van der Waals surface area contributed by atoms with Gasteiger partial charge in [-0.05, 0) is 59.9 Å². The van der Waals surface area contributed by atoms with Gasteiger partial charge in [0, 0.05) is 25.9 Å². The smallest absolute Gasteiger partial charge is 0.0875 e. The summed E-state index contributed by atoms with van der Waals surface area (Å²) in [5, 5.41) is 4.96. The second kappa shape index (κ2) is 15.9. The Bertz CT molecular complexity index is 428. The van der Waals surface area contributed by atoms with Crippen LogP contribution in [0.2, 0.25) is 0 Å². The molecule has 0 aliphatic heterocycles. The van der Waals surface area contributed by atoms with Gasteiger partial charge in [0.05, 0.1) is 36.7 Å². The van der Waals surface area contributed by atoms with Crippen molar-refractivity contribution in [3.05, 3.63) is 11.9 Å². The molecule has 0 bridgehead atoms. The van der Waals surface area contributed by atoms with Crippen LogP contribution in [-0.4, -0.2) is 62.3 Å². The van der Waals surface area contributed by atoms with Crippen LogP contribution in [0.15, 0.2) is 11.9 Å². The summed E-state index contributed by atoms with van der Waals surface area (Å²) in [6.45, 7) is 17.8. The Kier molecular flexibility index (Phi) is 15.4. The lowest BCUT2D eigenvalue weighted by molar-refractivity contribution is -0.0747. The highest BCUT2D eigenvalue weighted by atomic mass is 16.5. The summed E-state index contributed by atoms with van der Waals surface area (Å²) in [5.74, 6) is 6.04. The Balaban J connectivity index is 4.06. The van der Waals surface area contributed by atoms with Crippen molar-refractivity contribution in [2.75, 3.05) is 46.1 Å². The minimum absolute atomic E-state index is 0.196. The molecule has 0 aromatic rings. The van der Waals surface area contributed by atoms with E-state index in [9.17, 15) is 0 Å². The van der Waals surface area contributed by atoms with Gasteiger partial charge in [0.25, 0.3) is 0 Å². The molecule has 0 aliphatic rings. The summed E-state index contributed by atoms with van der Waals surface area (Å²) in [5.41, 5.74) is 6.13. The maximum absolute atomic E-state index is 6.10. The minimum atomic E-state index is -0.267. The second-order valence-electron chi connectivity index (χ2n) is 8.81. The average molecular weight is 417 g/mol. The Hall–Kier alpha value is -0.860. The highest BCUT2D eigenvalue weighted by Crippen LogP contribution is 2.19. The van der Waals surface area contributed by atoms with Gasteiger partial charge in [-0.3, -0.25) is 0 Å². The Morgan fingerprint density at radius 2 is 1.59 bits per heavy atom. The monoisotopic (exact) mass is 416 g/mol. The van der Waals surface area contributed by atoms with E-state index in [1.165, 1.54) is 0 Å². The van der Waals surface area contributed by atoms with Crippen LogP contribution in [0.1, 0.15) is 73.6 Å². The van der Waals surface area contributed by atoms with Crippen LogP contribution in [0, 0.1) is 0 Å². The molecule has 7 heteroatoms. The van der Waals surface area contributed by atoms with E-state index in [2.05, 4.69) is 46.9 Å². The van der Waals surface area contributed by atoms with Crippen LogP contribution in [0.5, 0.6) is 0 Å². The maximum atomic E-state index is 6.10. The van der Waals surface area contributed by atoms with Crippen molar-refractivity contribution in [3.8, 4) is 0 Å². The highest BCUT2D eigenvalue weighted by Gasteiger charge is 2.23. The number of nitrogens with one attached hydrogen (secondary N) is 1. The third-order valence-electron chi connectivity index (χ3n) is 4.61. The number of unbranched alkanes of at least 4 members (excludes halogenated alkanes) is 1. The van der Waals surface area contributed by atoms with Gasteiger partial charge < -0.3 is 30.3 Å². The Morgan fingerprint density at radius 1 is 0.931 bits per heavy atom. The molecule has 0 amide bonds. The van der Waals surface area contributed by atoms with Crippen LogP contribution in [0.3, 0.4) is 0 Å². The molecule has 0 heterocycles. The van der Waals surface area contributed by atoms with E-state index in [0.29, 0.717) is 32.1 Å². The summed E-state index contributed by atoms with van der Waals surface area (Å²) in [7, 11) is 0. The summed E-state index contributed by atoms with van der Waals surface area (Å²) < 4.78 is 17.6. The van der Waals surface area contributed by atoms with Gasteiger partial charge >= 0.3 is 0 Å². The standard InChI is InChI=1S/C22H48N4O3/c1-7-9-15-27-19-20(23)18-26(24)14-10-21(3,4)28-16-11-22(5,6)29-17-13-25-12-8-2/h18,25H,7-17,19,23-24H2,1-6H3/b20-18-. The first kappa shape index (κ1) is 28.1. The maximum Gasteiger partial charge on any atom is 0.0875 e. The molecule has 0 saturated carbocycles. The summed E-state index contributed by atoms with van der Waals surface area (Å²) in [6, 6.07) is 0. The molecular formula is C22H48N4O3. The molecule has 5 N–H and O–H groups in total. The summed E-state index contributed by atoms with van der Waals surface area (Å²) >= 11 is 0. The van der Waals surface area contributed by atoms with Gasteiger partial charge in [-0.15, -0.1) is 0 Å². The lowest BCUT2D eigenvalue weighted by atomic mass is 10.0. The van der Waals surface area contributed by atoms with E-state index in [0.717, 1.165) is 51.8 Å². The minimum Gasteiger partial charge on any atom is -0.399 e. The first-order chi connectivity index (χ1) is 13.6. The van der Waals surface area contributed by atoms with Crippen molar-refractivity contribution in [1.29, 1.82) is 0 Å². The fraction of sp³-hybridized carbons (Fsp3) is 0.909. The van der Waals surface area contributed by atoms with Crippen molar-refractivity contribution in [2.24, 2.45) is 11.6 Å². The molecule has 0 rings (SSSR count). The molecule has 0 saturated heterocycles. The van der Waals surface area contributed by atoms with Gasteiger partial charge in [-0.1, -0.05) is 20.3 Å². The van der Waals surface area contributed by atoms with E-state index in [4.69, 9.17) is 25.8 Å². The van der Waals surface area contributed by atoms with Gasteiger partial charge in [0.2, 0.25) is 0 Å². The molecule has 0 aliphatic carbocycles. The van der Waals surface area contributed by atoms with E-state index in [1.54, 1.807) is 11.2 Å². The molecule has 7 nitrogen and oxygen atoms in total.